The molecule has 1 aromatic rings. The second-order valence-electron chi connectivity index (χ2n) is 9.23. The number of benzene rings is 1. The van der Waals surface area contributed by atoms with E-state index in [1.54, 1.807) is 6.21 Å². The van der Waals surface area contributed by atoms with Crippen molar-refractivity contribution in [2.24, 2.45) is 5.10 Å². The van der Waals surface area contributed by atoms with Crippen LogP contribution in [0.5, 0.6) is 0 Å². The van der Waals surface area contributed by atoms with Crippen LogP contribution < -0.4 is 16.1 Å². The maximum Gasteiger partial charge on any atom is 0.221 e. The van der Waals surface area contributed by atoms with Crippen LogP contribution in [0.2, 0.25) is 0 Å². The molecule has 1 aromatic carbocycles. The van der Waals surface area contributed by atoms with Crippen LogP contribution in [0.25, 0.3) is 0 Å². The van der Waals surface area contributed by atoms with Crippen LogP contribution in [-0.2, 0) is 4.79 Å². The van der Waals surface area contributed by atoms with E-state index in [2.05, 4.69) is 28.1 Å². The van der Waals surface area contributed by atoms with Crippen molar-refractivity contribution in [3.8, 4) is 0 Å². The normalized spacial score (nSPS) is 11.0. The molecule has 34 heavy (non-hydrogen) atoms. The average Bonchev–Trinajstić information content (AvgIpc) is 2.82. The molecule has 192 valence electrons. The van der Waals surface area contributed by atoms with E-state index in [4.69, 9.17) is 12.2 Å². The first kappa shape index (κ1) is 30.1. The van der Waals surface area contributed by atoms with Gasteiger partial charge in [0.1, 0.15) is 0 Å². The van der Waals surface area contributed by atoms with Crippen molar-refractivity contribution >= 4 is 35.1 Å². The van der Waals surface area contributed by atoms with Gasteiger partial charge in [0.15, 0.2) is 5.11 Å². The molecule has 1 rings (SSSR count). The number of nitrogens with one attached hydrogen (secondary N) is 3. The first-order valence-electron chi connectivity index (χ1n) is 13.6. The molecule has 3 N–H and O–H groups in total. The van der Waals surface area contributed by atoms with E-state index in [0.29, 0.717) is 5.11 Å². The van der Waals surface area contributed by atoms with Gasteiger partial charge in [-0.25, -0.2) is 0 Å². The summed E-state index contributed by atoms with van der Waals surface area (Å²) in [5.41, 5.74) is 4.56. The largest absolute Gasteiger partial charge is 0.361 e. The average molecular weight is 489 g/mol. The third-order valence-corrected chi connectivity index (χ3v) is 6.16. The van der Waals surface area contributed by atoms with E-state index >= 15 is 0 Å². The van der Waals surface area contributed by atoms with Gasteiger partial charge in [0.05, 0.1) is 6.21 Å². The minimum Gasteiger partial charge on any atom is -0.361 e. The Morgan fingerprint density at radius 3 is 1.74 bits per heavy atom. The van der Waals surface area contributed by atoms with Gasteiger partial charge in [-0.2, -0.15) is 5.10 Å². The summed E-state index contributed by atoms with van der Waals surface area (Å²) in [7, 11) is 0. The highest BCUT2D eigenvalue weighted by Gasteiger charge is 1.97. The summed E-state index contributed by atoms with van der Waals surface area (Å²) in [5.74, 6) is -0.0798. The highest BCUT2D eigenvalue weighted by molar-refractivity contribution is 7.80. The lowest BCUT2D eigenvalue weighted by atomic mass is 10.0. The minimum atomic E-state index is -0.0798. The number of carbonyl (C=O) groups excluding carboxylic acids is 1. The van der Waals surface area contributed by atoms with Gasteiger partial charge in [-0.1, -0.05) is 115 Å². The van der Waals surface area contributed by atoms with Crippen LogP contribution >= 0.6 is 12.2 Å². The van der Waals surface area contributed by atoms with Crippen molar-refractivity contribution in [1.82, 2.24) is 10.7 Å². The van der Waals surface area contributed by atoms with Gasteiger partial charge in [0, 0.05) is 19.2 Å². The number of amides is 1. The van der Waals surface area contributed by atoms with Crippen molar-refractivity contribution < 1.29 is 4.79 Å². The van der Waals surface area contributed by atoms with Gasteiger partial charge in [0.2, 0.25) is 5.91 Å². The fraction of sp³-hybridized carbons (Fsp3) is 0.679. The van der Waals surface area contributed by atoms with Crippen molar-refractivity contribution in [3.63, 3.8) is 0 Å². The van der Waals surface area contributed by atoms with Crippen LogP contribution in [0.4, 0.5) is 5.69 Å². The summed E-state index contributed by atoms with van der Waals surface area (Å²) < 4.78 is 0. The van der Waals surface area contributed by atoms with E-state index in [1.165, 1.54) is 103 Å². The molecule has 6 heteroatoms. The molecular weight excluding hydrogens is 440 g/mol. The monoisotopic (exact) mass is 488 g/mol. The highest BCUT2D eigenvalue weighted by atomic mass is 32.1. The van der Waals surface area contributed by atoms with Crippen molar-refractivity contribution in [2.75, 3.05) is 11.9 Å². The summed E-state index contributed by atoms with van der Waals surface area (Å²) in [6.07, 6.45) is 23.8. The quantitative estimate of drug-likeness (QED) is 0.0761. The summed E-state index contributed by atoms with van der Waals surface area (Å²) >= 11 is 5.26. The number of nitrogens with zero attached hydrogens (tertiary/aromatic N) is 1. The van der Waals surface area contributed by atoms with Crippen molar-refractivity contribution in [3.05, 3.63) is 29.8 Å². The van der Waals surface area contributed by atoms with Gasteiger partial charge < -0.3 is 10.6 Å². The number of carbonyl (C=O) groups is 1. The maximum absolute atomic E-state index is 11.0. The van der Waals surface area contributed by atoms with Crippen LogP contribution in [0, 0.1) is 0 Å². The van der Waals surface area contributed by atoms with Crippen LogP contribution in [-0.4, -0.2) is 23.8 Å². The molecule has 0 aliphatic carbocycles. The second-order valence-corrected chi connectivity index (χ2v) is 9.64. The standard InChI is InChI=1S/C28H48N4OS/c1-3-4-5-6-7-8-9-10-11-12-13-14-15-16-17-18-23-29-28(34)32-30-24-26-19-21-27(22-20-26)31-25(2)33/h19-22,24H,3-18,23H2,1-2H3,(H,31,33)(H2,29,32,34). The molecule has 0 saturated carbocycles. The number of hydrazone groups is 1. The Morgan fingerprint density at radius 2 is 1.26 bits per heavy atom. The zero-order valence-electron chi connectivity index (χ0n) is 21.7. The van der Waals surface area contributed by atoms with Gasteiger partial charge in [0.25, 0.3) is 0 Å². The zero-order chi connectivity index (χ0) is 24.7. The van der Waals surface area contributed by atoms with Gasteiger partial charge in [-0.15, -0.1) is 0 Å². The van der Waals surface area contributed by atoms with E-state index < -0.39 is 0 Å². The van der Waals surface area contributed by atoms with Crippen LogP contribution in [0.15, 0.2) is 29.4 Å². The highest BCUT2D eigenvalue weighted by Crippen LogP contribution is 2.13. The van der Waals surface area contributed by atoms with Crippen LogP contribution in [0.1, 0.15) is 122 Å². The van der Waals surface area contributed by atoms with Gasteiger partial charge in [-0.05, 0) is 36.3 Å². The summed E-state index contributed by atoms with van der Waals surface area (Å²) in [5, 5.41) is 10.7. The summed E-state index contributed by atoms with van der Waals surface area (Å²) in [4.78, 5) is 11.0. The minimum absolute atomic E-state index is 0.0798. The Hall–Kier alpha value is -1.95. The molecule has 5 nitrogen and oxygen atoms in total. The third-order valence-electron chi connectivity index (χ3n) is 5.93. The summed E-state index contributed by atoms with van der Waals surface area (Å²) in [6.45, 7) is 4.66. The molecule has 0 aromatic heterocycles. The molecular formula is C28H48N4OS. The first-order chi connectivity index (χ1) is 16.6. The Balaban J connectivity index is 1.87. The predicted molar refractivity (Wildman–Crippen MR) is 152 cm³/mol. The van der Waals surface area contributed by atoms with E-state index in [1.807, 2.05) is 24.3 Å². The van der Waals surface area contributed by atoms with Crippen molar-refractivity contribution in [1.29, 1.82) is 0 Å². The fourth-order valence-electron chi connectivity index (χ4n) is 3.94. The molecule has 0 atom stereocenters. The lowest BCUT2D eigenvalue weighted by molar-refractivity contribution is -0.114. The molecule has 0 aliphatic heterocycles. The SMILES string of the molecule is CCCCCCCCCCCCCCCCCCNC(=S)NN=Cc1ccc(NC(C)=O)cc1. The topological polar surface area (TPSA) is 65.5 Å². The molecule has 1 amide bonds. The van der Waals surface area contributed by atoms with E-state index in [9.17, 15) is 4.79 Å². The van der Waals surface area contributed by atoms with Gasteiger partial charge in [-0.3, -0.25) is 10.2 Å². The number of hydrogen-bond acceptors (Lipinski definition) is 3. The molecule has 0 aliphatic rings. The number of rotatable bonds is 20. The lowest BCUT2D eigenvalue weighted by Crippen LogP contribution is -2.32. The predicted octanol–water partition coefficient (Wildman–Crippen LogP) is 7.70. The van der Waals surface area contributed by atoms with Gasteiger partial charge >= 0.3 is 0 Å². The molecule has 0 bridgehead atoms. The Morgan fingerprint density at radius 1 is 0.794 bits per heavy atom. The Kier molecular flexibility index (Phi) is 19.1. The van der Waals surface area contributed by atoms with E-state index in [0.717, 1.165) is 24.2 Å². The zero-order valence-corrected chi connectivity index (χ0v) is 22.5. The molecule has 0 radical (unpaired) electrons. The number of thiocarbonyl (C=S) groups is 1. The molecule has 0 unspecified atom stereocenters. The molecule has 0 saturated heterocycles. The number of anilines is 1. The summed E-state index contributed by atoms with van der Waals surface area (Å²) in [6, 6.07) is 7.47. The van der Waals surface area contributed by atoms with E-state index in [-0.39, 0.29) is 5.91 Å². The lowest BCUT2D eigenvalue weighted by Gasteiger charge is -2.07. The van der Waals surface area contributed by atoms with Crippen LogP contribution in [0.3, 0.4) is 0 Å². The Labute approximate surface area is 213 Å². The molecule has 0 fully saturated rings. The first-order valence-corrected chi connectivity index (χ1v) is 14.0. The third kappa shape index (κ3) is 18.5. The second kappa shape index (κ2) is 21.6. The fourth-order valence-corrected chi connectivity index (χ4v) is 4.09. The molecule has 0 spiro atoms. The number of hydrogen-bond donors (Lipinski definition) is 3. The molecule has 0 heterocycles. The smallest absolute Gasteiger partial charge is 0.221 e. The number of unbranched alkanes of at least 4 members (excludes halogenated alkanes) is 15. The Bertz CT molecular complexity index is 675. The van der Waals surface area contributed by atoms with Crippen molar-refractivity contribution in [2.45, 2.75) is 117 Å². The maximum atomic E-state index is 11.0.